The highest BCUT2D eigenvalue weighted by atomic mass is 32.2. The number of phenolic OH excluding ortho intramolecular Hbond substituents is 1. The number of carbonyl (C=O) groups excluding carboxylic acids is 1. The zero-order valence-corrected chi connectivity index (χ0v) is 21.9. The van der Waals surface area contributed by atoms with Crippen molar-refractivity contribution in [1.82, 2.24) is 9.21 Å². The van der Waals surface area contributed by atoms with Gasteiger partial charge in [0.15, 0.2) is 0 Å². The summed E-state index contributed by atoms with van der Waals surface area (Å²) in [7, 11) is -3.85. The van der Waals surface area contributed by atoms with Crippen LogP contribution in [0.2, 0.25) is 0 Å². The average molecular weight is 544 g/mol. The van der Waals surface area contributed by atoms with E-state index in [4.69, 9.17) is 0 Å². The van der Waals surface area contributed by atoms with Gasteiger partial charge >= 0.3 is 0 Å². The van der Waals surface area contributed by atoms with Crippen LogP contribution in [-0.2, 0) is 27.9 Å². The van der Waals surface area contributed by atoms with E-state index in [9.17, 15) is 33.6 Å². The molecule has 3 aliphatic rings. The summed E-state index contributed by atoms with van der Waals surface area (Å²) in [5.41, 5.74) is 3.79. The number of hydrogen-bond acceptors (Lipinski definition) is 8. The number of aryl methyl sites for hydroxylation is 1. The number of nitrogens with zero attached hydrogens (tertiary/aromatic N) is 2. The maximum atomic E-state index is 13.2. The Morgan fingerprint density at radius 3 is 2.39 bits per heavy atom. The second kappa shape index (κ2) is 10.3. The number of likely N-dealkylation sites (tertiary alicyclic amines) is 1. The fourth-order valence-electron chi connectivity index (χ4n) is 5.38. The highest BCUT2D eigenvalue weighted by molar-refractivity contribution is 7.89. The predicted octanol–water partition coefficient (Wildman–Crippen LogP) is 1.22. The van der Waals surface area contributed by atoms with E-state index in [-0.39, 0.29) is 42.1 Å². The summed E-state index contributed by atoms with van der Waals surface area (Å²) in [6.45, 7) is 3.27. The van der Waals surface area contributed by atoms with Gasteiger partial charge in [0.1, 0.15) is 22.9 Å². The van der Waals surface area contributed by atoms with Crippen molar-refractivity contribution in [2.75, 3.05) is 18.4 Å². The molecule has 2 aromatic carbocycles. The number of amides is 1. The normalized spacial score (nSPS) is 24.7. The molecule has 2 heterocycles. The minimum absolute atomic E-state index is 0.0145. The second-order valence-corrected chi connectivity index (χ2v) is 12.3. The maximum absolute atomic E-state index is 13.2. The number of aliphatic hydroxyl groups is 3. The molecule has 0 unspecified atom stereocenters. The Hall–Kier alpha value is -2.96. The van der Waals surface area contributed by atoms with Crippen LogP contribution in [-0.4, -0.2) is 81.4 Å². The van der Waals surface area contributed by atoms with Gasteiger partial charge in [-0.3, -0.25) is 4.79 Å². The van der Waals surface area contributed by atoms with Crippen LogP contribution < -0.4 is 5.32 Å². The van der Waals surface area contributed by atoms with Crippen molar-refractivity contribution in [2.45, 2.75) is 68.5 Å². The highest BCUT2D eigenvalue weighted by Crippen LogP contribution is 2.34. The fourth-order valence-corrected chi connectivity index (χ4v) is 6.84. The van der Waals surface area contributed by atoms with Crippen molar-refractivity contribution >= 4 is 21.6 Å². The molecule has 2 aliphatic heterocycles. The standard InChI is InChI=1S/C27H33N3O7S/c1-16-2-5-25(22(31)10-16)38(36,37)30-14-17-3-4-21(11-19(17)15-30)28-20-6-8-29(9-7-20)27(35)18-12-23(32)26(34)24(33)13-18/h2-5,10-12,20,23-24,26,28,31-34H,6-9,13-15H2,1H3/t23-,24-,26-/m1/s1. The van der Waals surface area contributed by atoms with Gasteiger partial charge in [0.2, 0.25) is 15.9 Å². The summed E-state index contributed by atoms with van der Waals surface area (Å²) >= 11 is 0. The molecule has 0 bridgehead atoms. The molecule has 11 heteroatoms. The first kappa shape index (κ1) is 26.6. The third-order valence-electron chi connectivity index (χ3n) is 7.60. The molecule has 38 heavy (non-hydrogen) atoms. The number of anilines is 1. The van der Waals surface area contributed by atoms with E-state index in [0.29, 0.717) is 31.5 Å². The predicted molar refractivity (Wildman–Crippen MR) is 140 cm³/mol. The van der Waals surface area contributed by atoms with Crippen LogP contribution in [0, 0.1) is 6.92 Å². The van der Waals surface area contributed by atoms with Gasteiger partial charge in [-0.2, -0.15) is 4.31 Å². The van der Waals surface area contributed by atoms with E-state index in [1.165, 1.54) is 22.5 Å². The van der Waals surface area contributed by atoms with Gasteiger partial charge in [0.25, 0.3) is 0 Å². The lowest BCUT2D eigenvalue weighted by Gasteiger charge is -2.35. The molecule has 1 amide bonds. The first-order valence-corrected chi connectivity index (χ1v) is 14.2. The fraction of sp³-hybridized carbons (Fsp3) is 0.444. The summed E-state index contributed by atoms with van der Waals surface area (Å²) < 4.78 is 27.7. The minimum atomic E-state index is -3.85. The van der Waals surface area contributed by atoms with Crippen LogP contribution in [0.1, 0.15) is 36.0 Å². The van der Waals surface area contributed by atoms with Gasteiger partial charge in [-0.25, -0.2) is 8.42 Å². The van der Waals surface area contributed by atoms with Crippen molar-refractivity contribution in [3.05, 3.63) is 64.7 Å². The lowest BCUT2D eigenvalue weighted by molar-refractivity contribution is -0.129. The van der Waals surface area contributed by atoms with Crippen LogP contribution in [0.5, 0.6) is 5.75 Å². The average Bonchev–Trinajstić information content (AvgIpc) is 3.31. The van der Waals surface area contributed by atoms with Crippen LogP contribution in [0.4, 0.5) is 5.69 Å². The molecule has 3 atom stereocenters. The number of piperidine rings is 1. The molecule has 204 valence electrons. The van der Waals surface area contributed by atoms with E-state index in [0.717, 1.165) is 22.4 Å². The molecule has 1 fully saturated rings. The Kier molecular flexibility index (Phi) is 7.23. The Morgan fingerprint density at radius 2 is 1.71 bits per heavy atom. The van der Waals surface area contributed by atoms with Gasteiger partial charge in [-0.15, -0.1) is 0 Å². The number of nitrogens with one attached hydrogen (secondary N) is 1. The number of benzene rings is 2. The van der Waals surface area contributed by atoms with E-state index in [1.807, 2.05) is 18.2 Å². The lowest BCUT2D eigenvalue weighted by atomic mass is 9.91. The molecular formula is C27H33N3O7S. The number of fused-ring (bicyclic) bond motifs is 1. The SMILES string of the molecule is Cc1ccc(S(=O)(=O)N2Cc3ccc(NC4CCN(C(=O)C5=C[C@@H](O)[C@@H](O)[C@H](O)C5)CC4)cc3C2)c(O)c1. The van der Waals surface area contributed by atoms with Crippen molar-refractivity contribution in [3.63, 3.8) is 0 Å². The summed E-state index contributed by atoms with van der Waals surface area (Å²) in [5, 5.41) is 43.2. The molecule has 0 radical (unpaired) electrons. The van der Waals surface area contributed by atoms with Crippen LogP contribution in [0.15, 0.2) is 52.9 Å². The molecule has 0 aromatic heterocycles. The molecule has 5 rings (SSSR count). The zero-order valence-electron chi connectivity index (χ0n) is 21.1. The summed E-state index contributed by atoms with van der Waals surface area (Å²) in [6, 6.07) is 10.5. The topological polar surface area (TPSA) is 151 Å². The molecule has 10 nitrogen and oxygen atoms in total. The van der Waals surface area contributed by atoms with Crippen LogP contribution in [0.25, 0.3) is 0 Å². The van der Waals surface area contributed by atoms with Gasteiger partial charge in [-0.1, -0.05) is 12.1 Å². The van der Waals surface area contributed by atoms with Crippen molar-refractivity contribution in [1.29, 1.82) is 0 Å². The van der Waals surface area contributed by atoms with Crippen molar-refractivity contribution < 1.29 is 33.6 Å². The minimum Gasteiger partial charge on any atom is -0.507 e. The Bertz CT molecular complexity index is 1370. The number of sulfonamides is 1. The van der Waals surface area contributed by atoms with E-state index < -0.39 is 28.3 Å². The monoisotopic (exact) mass is 543 g/mol. The van der Waals surface area contributed by atoms with Crippen LogP contribution >= 0.6 is 0 Å². The Balaban J connectivity index is 1.19. The van der Waals surface area contributed by atoms with Crippen LogP contribution in [0.3, 0.4) is 0 Å². The van der Waals surface area contributed by atoms with E-state index >= 15 is 0 Å². The number of rotatable bonds is 5. The van der Waals surface area contributed by atoms with Crippen molar-refractivity contribution in [3.8, 4) is 5.75 Å². The number of hydrogen-bond donors (Lipinski definition) is 5. The second-order valence-electron chi connectivity index (χ2n) is 10.4. The lowest BCUT2D eigenvalue weighted by Crippen LogP contribution is -2.46. The van der Waals surface area contributed by atoms with Gasteiger partial charge < -0.3 is 30.6 Å². The summed E-state index contributed by atoms with van der Waals surface area (Å²) in [4.78, 5) is 14.5. The number of carbonyl (C=O) groups is 1. The molecule has 1 aliphatic carbocycles. The number of aromatic hydroxyl groups is 1. The summed E-state index contributed by atoms with van der Waals surface area (Å²) in [5.74, 6) is -0.482. The smallest absolute Gasteiger partial charge is 0.249 e. The molecule has 0 spiro atoms. The zero-order chi connectivity index (χ0) is 27.2. The first-order chi connectivity index (χ1) is 18.0. The van der Waals surface area contributed by atoms with E-state index in [1.54, 1.807) is 17.9 Å². The Labute approximate surface area is 221 Å². The molecule has 5 N–H and O–H groups in total. The Morgan fingerprint density at radius 1 is 1.00 bits per heavy atom. The third kappa shape index (κ3) is 5.16. The van der Waals surface area contributed by atoms with Gasteiger partial charge in [-0.05, 0) is 66.8 Å². The summed E-state index contributed by atoms with van der Waals surface area (Å²) in [6.07, 6.45) is -0.949. The number of aliphatic hydroxyl groups excluding tert-OH is 3. The number of phenols is 1. The largest absolute Gasteiger partial charge is 0.507 e. The van der Waals surface area contributed by atoms with Crippen molar-refractivity contribution in [2.24, 2.45) is 0 Å². The quantitative estimate of drug-likeness (QED) is 0.378. The molecule has 0 saturated carbocycles. The third-order valence-corrected chi connectivity index (χ3v) is 9.44. The molecular weight excluding hydrogens is 510 g/mol. The maximum Gasteiger partial charge on any atom is 0.249 e. The first-order valence-electron chi connectivity index (χ1n) is 12.7. The van der Waals surface area contributed by atoms with Gasteiger partial charge in [0.05, 0.1) is 6.10 Å². The van der Waals surface area contributed by atoms with Gasteiger partial charge in [0, 0.05) is 49.9 Å². The highest BCUT2D eigenvalue weighted by Gasteiger charge is 2.35. The molecule has 1 saturated heterocycles. The molecule has 2 aromatic rings. The van der Waals surface area contributed by atoms with E-state index in [2.05, 4.69) is 5.32 Å².